The van der Waals surface area contributed by atoms with E-state index in [1.807, 2.05) is 55.4 Å². The number of carbonyl (C=O) groups is 4. The molecule has 0 saturated carbocycles. The molecule has 0 bridgehead atoms. The molecule has 1 aliphatic rings. The molecule has 2 atom stereocenters. The monoisotopic (exact) mass is 937 g/mol. The number of unbranched alkanes of at least 4 members (excludes halogenated alkanes) is 16. The summed E-state index contributed by atoms with van der Waals surface area (Å²) in [5.74, 6) is -1.05. The number of esters is 3. The molecule has 1 rings (SSSR count). The van der Waals surface area contributed by atoms with Crippen LogP contribution in [0.1, 0.15) is 257 Å². The fourth-order valence-corrected chi connectivity index (χ4v) is 8.83. The molecule has 0 aromatic heterocycles. The maximum absolute atomic E-state index is 13.6. The van der Waals surface area contributed by atoms with Crippen molar-refractivity contribution < 1.29 is 38.1 Å². The van der Waals surface area contributed by atoms with Gasteiger partial charge in [0.05, 0.1) is 29.5 Å². The van der Waals surface area contributed by atoms with E-state index < -0.39 is 33.8 Å². The van der Waals surface area contributed by atoms with Gasteiger partial charge >= 0.3 is 24.0 Å². The minimum atomic E-state index is -1.13. The van der Waals surface area contributed by atoms with Crippen molar-refractivity contribution in [2.75, 3.05) is 45.9 Å². The van der Waals surface area contributed by atoms with Gasteiger partial charge in [0.2, 0.25) is 0 Å². The van der Waals surface area contributed by atoms with E-state index in [4.69, 9.17) is 18.9 Å². The summed E-state index contributed by atoms with van der Waals surface area (Å²) in [4.78, 5) is 57.0. The van der Waals surface area contributed by atoms with E-state index in [0.717, 1.165) is 12.8 Å². The summed E-state index contributed by atoms with van der Waals surface area (Å²) in [6, 6.07) is 0. The molecule has 10 heteroatoms. The highest BCUT2D eigenvalue weighted by atomic mass is 16.6. The first-order valence-corrected chi connectivity index (χ1v) is 27.4. The molecule has 1 saturated heterocycles. The molecule has 0 N–H and O–H groups in total. The molecule has 0 aliphatic carbocycles. The second kappa shape index (κ2) is 35.7. The van der Waals surface area contributed by atoms with Crippen LogP contribution in [-0.2, 0) is 33.3 Å². The zero-order valence-electron chi connectivity index (χ0n) is 45.9. The summed E-state index contributed by atoms with van der Waals surface area (Å²) in [7, 11) is 0. The number of rotatable bonds is 35. The van der Waals surface area contributed by atoms with Gasteiger partial charge in [0, 0.05) is 25.9 Å². The molecule has 390 valence electrons. The Kier molecular flexibility index (Phi) is 34.4. The van der Waals surface area contributed by atoms with Gasteiger partial charge in [-0.05, 0) is 119 Å². The average molecular weight is 937 g/mol. The van der Waals surface area contributed by atoms with Gasteiger partial charge in [0.25, 0.3) is 0 Å². The van der Waals surface area contributed by atoms with Crippen LogP contribution in [0.25, 0.3) is 0 Å². The van der Waals surface area contributed by atoms with Crippen molar-refractivity contribution in [2.45, 2.75) is 269 Å². The Labute approximate surface area is 407 Å². The number of hydrogen-bond acceptors (Lipinski definition) is 9. The number of nitrogens with zero attached hydrogens (tertiary/aromatic N) is 2. The first kappa shape index (κ1) is 63.6. The van der Waals surface area contributed by atoms with Crippen LogP contribution in [0.5, 0.6) is 0 Å². The van der Waals surface area contributed by atoms with Crippen LogP contribution in [0.2, 0.25) is 0 Å². The highest BCUT2D eigenvalue weighted by Gasteiger charge is 2.50. The minimum Gasteiger partial charge on any atom is -0.465 e. The van der Waals surface area contributed by atoms with Crippen LogP contribution in [0, 0.1) is 22.2 Å². The first-order valence-electron chi connectivity index (χ1n) is 27.4. The Bertz CT molecular complexity index is 1230. The topological polar surface area (TPSA) is 112 Å². The van der Waals surface area contributed by atoms with Crippen molar-refractivity contribution >= 4 is 24.0 Å². The van der Waals surface area contributed by atoms with Crippen molar-refractivity contribution in [3.63, 3.8) is 0 Å². The molecule has 1 amide bonds. The number of piperidine rings is 1. The van der Waals surface area contributed by atoms with E-state index >= 15 is 0 Å². The number of amides is 1. The van der Waals surface area contributed by atoms with Gasteiger partial charge < -0.3 is 28.7 Å². The highest BCUT2D eigenvalue weighted by molar-refractivity contribution is 5.82. The summed E-state index contributed by atoms with van der Waals surface area (Å²) < 4.78 is 22.6. The van der Waals surface area contributed by atoms with Gasteiger partial charge in [-0.3, -0.25) is 14.4 Å². The third-order valence-electron chi connectivity index (χ3n) is 13.1. The van der Waals surface area contributed by atoms with Gasteiger partial charge in [0.1, 0.15) is 11.7 Å². The largest absolute Gasteiger partial charge is 0.465 e. The van der Waals surface area contributed by atoms with Crippen LogP contribution in [0.3, 0.4) is 0 Å². The molecule has 1 aliphatic heterocycles. The molecule has 1 heterocycles. The third-order valence-corrected chi connectivity index (χ3v) is 13.1. The van der Waals surface area contributed by atoms with Crippen LogP contribution in [-0.4, -0.2) is 91.4 Å². The van der Waals surface area contributed by atoms with E-state index in [0.29, 0.717) is 39.0 Å². The zero-order valence-corrected chi connectivity index (χ0v) is 45.9. The lowest BCUT2D eigenvalue weighted by Crippen LogP contribution is -2.46. The fraction of sp³-hybridized carbons (Fsp3) is 0.929. The summed E-state index contributed by atoms with van der Waals surface area (Å²) in [6.07, 6.45) is 28.5. The Balaban J connectivity index is 0.00000145. The van der Waals surface area contributed by atoms with Crippen molar-refractivity contribution in [3.05, 3.63) is 0 Å². The Morgan fingerprint density at radius 2 is 0.970 bits per heavy atom. The van der Waals surface area contributed by atoms with E-state index in [-0.39, 0.29) is 43.5 Å². The van der Waals surface area contributed by atoms with Gasteiger partial charge in [-0.1, -0.05) is 151 Å². The number of ether oxygens (including phenoxy) is 4. The summed E-state index contributed by atoms with van der Waals surface area (Å²) in [5, 5.41) is 0. The highest BCUT2D eigenvalue weighted by Crippen LogP contribution is 2.46. The van der Waals surface area contributed by atoms with Crippen LogP contribution in [0.4, 0.5) is 4.79 Å². The Hall–Kier alpha value is -2.36. The molecule has 0 spiro atoms. The molecular formula is C56H108N2O8. The minimum absolute atomic E-state index is 0.143. The predicted octanol–water partition coefficient (Wildman–Crippen LogP) is 15.1. The molecule has 0 radical (unpaired) electrons. The smallest absolute Gasteiger partial charge is 0.410 e. The standard InChI is InChI=1S/C32H57NO8.C24H51N/c1-12-14-19-38-26(35)31(10,13-2)22-32(11,27(36)39-20-23(3)4)21-30(8,9)25(34)40-24-15-17-33(18-16-24)28(37)41-29(5,6)7;1-4-7-10-13-16-19-22-25(23-20-17-14-11-8-5-2)24-21-18-15-12-9-6-3/h23-24H,12-22H2,1-11H3;4-24H2,1-3H3. The summed E-state index contributed by atoms with van der Waals surface area (Å²) in [6.45, 7) is 32.9. The van der Waals surface area contributed by atoms with E-state index in [1.165, 1.54) is 135 Å². The van der Waals surface area contributed by atoms with Gasteiger partial charge in [0.15, 0.2) is 0 Å². The normalized spacial score (nSPS) is 15.4. The summed E-state index contributed by atoms with van der Waals surface area (Å²) >= 11 is 0. The first-order chi connectivity index (χ1) is 31.1. The zero-order chi connectivity index (χ0) is 50.1. The van der Waals surface area contributed by atoms with Crippen molar-refractivity contribution in [3.8, 4) is 0 Å². The number of hydrogen-bond donors (Lipinski definition) is 0. The maximum Gasteiger partial charge on any atom is 0.410 e. The van der Waals surface area contributed by atoms with Gasteiger partial charge in [-0.25, -0.2) is 4.79 Å². The van der Waals surface area contributed by atoms with Crippen LogP contribution >= 0.6 is 0 Å². The second-order valence-electron chi connectivity index (χ2n) is 22.4. The lowest BCUT2D eigenvalue weighted by atomic mass is 9.65. The van der Waals surface area contributed by atoms with Crippen molar-refractivity contribution in [1.82, 2.24) is 9.80 Å². The number of carbonyl (C=O) groups excluding carboxylic acids is 4. The van der Waals surface area contributed by atoms with Crippen LogP contribution in [0.15, 0.2) is 0 Å². The molecule has 2 unspecified atom stereocenters. The quantitative estimate of drug-likeness (QED) is 0.0348. The second-order valence-corrected chi connectivity index (χ2v) is 22.4. The van der Waals surface area contributed by atoms with Crippen LogP contribution < -0.4 is 0 Å². The Morgan fingerprint density at radius 1 is 0.545 bits per heavy atom. The molecule has 1 fully saturated rings. The van der Waals surface area contributed by atoms with Crippen molar-refractivity contribution in [1.29, 1.82) is 0 Å². The third kappa shape index (κ3) is 29.5. The van der Waals surface area contributed by atoms with Crippen molar-refractivity contribution in [2.24, 2.45) is 22.2 Å². The number of likely N-dealkylation sites (tertiary alicyclic amines) is 1. The van der Waals surface area contributed by atoms with E-state index in [2.05, 4.69) is 25.7 Å². The molecule has 66 heavy (non-hydrogen) atoms. The lowest BCUT2D eigenvalue weighted by Gasteiger charge is -2.40. The SMILES string of the molecule is CCCCCCCCN(CCCCCCCC)CCCCCCCC.CCCCOC(=O)C(C)(CC)CC(C)(CC(C)(C)C(=O)OC1CCN(C(=O)OC(C)(C)C)CC1)C(=O)OCC(C)C. The summed E-state index contributed by atoms with van der Waals surface area (Å²) in [5.41, 5.74) is -3.66. The van der Waals surface area contributed by atoms with Gasteiger partial charge in [-0.15, -0.1) is 0 Å². The molecule has 0 aromatic carbocycles. The Morgan fingerprint density at radius 3 is 1.38 bits per heavy atom. The fourth-order valence-electron chi connectivity index (χ4n) is 8.83. The maximum atomic E-state index is 13.6. The predicted molar refractivity (Wildman–Crippen MR) is 275 cm³/mol. The van der Waals surface area contributed by atoms with E-state index in [9.17, 15) is 19.2 Å². The molecule has 0 aromatic rings. The lowest BCUT2D eigenvalue weighted by molar-refractivity contribution is -0.171. The molecular weight excluding hydrogens is 829 g/mol. The van der Waals surface area contributed by atoms with Gasteiger partial charge in [-0.2, -0.15) is 0 Å². The molecule has 10 nitrogen and oxygen atoms in total. The van der Waals surface area contributed by atoms with E-state index in [1.54, 1.807) is 25.7 Å². The average Bonchev–Trinajstić information content (AvgIpc) is 3.25.